The van der Waals surface area contributed by atoms with Crippen molar-refractivity contribution in [1.82, 2.24) is 0 Å². The first-order chi connectivity index (χ1) is 7.22. The van der Waals surface area contributed by atoms with Crippen molar-refractivity contribution in [3.63, 3.8) is 0 Å². The number of alkyl halides is 1. The molecule has 3 atom stereocenters. The van der Waals surface area contributed by atoms with E-state index in [1.165, 1.54) is 9.75 Å². The average molecular weight is 245 g/mol. The summed E-state index contributed by atoms with van der Waals surface area (Å²) < 4.78 is 5.68. The van der Waals surface area contributed by atoms with Crippen LogP contribution in [0.15, 0.2) is 12.1 Å². The molecule has 0 spiro atoms. The number of halogens is 1. The number of rotatable bonds is 3. The van der Waals surface area contributed by atoms with E-state index in [9.17, 15) is 0 Å². The molecule has 1 aliphatic heterocycles. The topological polar surface area (TPSA) is 9.23 Å². The molecule has 84 valence electrons. The Hall–Kier alpha value is -0.0500. The van der Waals surface area contributed by atoms with Gasteiger partial charge in [0.25, 0.3) is 0 Å². The second-order valence-corrected chi connectivity index (χ2v) is 5.91. The molecule has 1 aromatic heterocycles. The summed E-state index contributed by atoms with van der Waals surface area (Å²) in [6.07, 6.45) is 2.52. The van der Waals surface area contributed by atoms with Crippen LogP contribution in [0.25, 0.3) is 0 Å². The van der Waals surface area contributed by atoms with Crippen molar-refractivity contribution in [2.24, 2.45) is 5.92 Å². The number of thiophene rings is 1. The normalized spacial score (nSPS) is 28.2. The molecule has 0 bridgehead atoms. The Morgan fingerprint density at radius 2 is 2.40 bits per heavy atom. The van der Waals surface area contributed by atoms with E-state index in [2.05, 4.69) is 26.0 Å². The van der Waals surface area contributed by atoms with Gasteiger partial charge in [-0.3, -0.25) is 0 Å². The van der Waals surface area contributed by atoms with Crippen molar-refractivity contribution >= 4 is 22.9 Å². The molecule has 1 nitrogen and oxygen atoms in total. The molecule has 3 unspecified atom stereocenters. The predicted molar refractivity (Wildman–Crippen MR) is 65.8 cm³/mol. The van der Waals surface area contributed by atoms with Gasteiger partial charge in [0.15, 0.2) is 0 Å². The van der Waals surface area contributed by atoms with Gasteiger partial charge in [-0.2, -0.15) is 0 Å². The van der Waals surface area contributed by atoms with Crippen molar-refractivity contribution in [3.8, 4) is 0 Å². The van der Waals surface area contributed by atoms with Crippen LogP contribution in [0, 0.1) is 12.8 Å². The third kappa shape index (κ3) is 2.38. The van der Waals surface area contributed by atoms with Crippen molar-refractivity contribution in [2.75, 3.05) is 6.61 Å². The summed E-state index contributed by atoms with van der Waals surface area (Å²) in [5, 5.41) is 0.135. The van der Waals surface area contributed by atoms with Crippen LogP contribution in [0.3, 0.4) is 0 Å². The van der Waals surface area contributed by atoms with Crippen LogP contribution in [0.4, 0.5) is 0 Å². The quantitative estimate of drug-likeness (QED) is 0.726. The van der Waals surface area contributed by atoms with Crippen LogP contribution in [0.1, 0.15) is 34.9 Å². The van der Waals surface area contributed by atoms with Gasteiger partial charge in [0.05, 0.1) is 11.5 Å². The molecule has 0 aliphatic carbocycles. The lowest BCUT2D eigenvalue weighted by Crippen LogP contribution is -2.18. The van der Waals surface area contributed by atoms with Crippen LogP contribution < -0.4 is 0 Å². The SMILES string of the molecule is CCC1OCCC1C(Cl)c1ccc(C)s1. The van der Waals surface area contributed by atoms with E-state index in [1.807, 2.05) is 11.3 Å². The molecule has 0 amide bonds. The Morgan fingerprint density at radius 3 is 3.00 bits per heavy atom. The summed E-state index contributed by atoms with van der Waals surface area (Å²) in [5.41, 5.74) is 0. The summed E-state index contributed by atoms with van der Waals surface area (Å²) in [5.74, 6) is 0.495. The van der Waals surface area contributed by atoms with E-state index in [0.717, 1.165) is 19.4 Å². The minimum atomic E-state index is 0.135. The number of hydrogen-bond acceptors (Lipinski definition) is 2. The zero-order valence-electron chi connectivity index (χ0n) is 9.20. The van der Waals surface area contributed by atoms with Gasteiger partial charge in [-0.25, -0.2) is 0 Å². The van der Waals surface area contributed by atoms with Crippen molar-refractivity contribution in [3.05, 3.63) is 21.9 Å². The van der Waals surface area contributed by atoms with E-state index >= 15 is 0 Å². The fourth-order valence-corrected chi connectivity index (χ4v) is 3.66. The highest BCUT2D eigenvalue weighted by molar-refractivity contribution is 7.12. The lowest BCUT2D eigenvalue weighted by Gasteiger charge is -2.21. The smallest absolute Gasteiger partial charge is 0.0732 e. The molecule has 1 saturated heterocycles. The maximum absolute atomic E-state index is 6.53. The Labute approximate surface area is 100 Å². The molecular weight excluding hydrogens is 228 g/mol. The van der Waals surface area contributed by atoms with Crippen LogP contribution in [0.5, 0.6) is 0 Å². The maximum Gasteiger partial charge on any atom is 0.0732 e. The van der Waals surface area contributed by atoms with E-state index < -0.39 is 0 Å². The molecule has 15 heavy (non-hydrogen) atoms. The Bertz CT molecular complexity index is 323. The summed E-state index contributed by atoms with van der Waals surface area (Å²) in [6, 6.07) is 4.30. The molecular formula is C12H17ClOS. The lowest BCUT2D eigenvalue weighted by atomic mass is 9.95. The first kappa shape index (κ1) is 11.4. The second-order valence-electron chi connectivity index (χ2n) is 4.12. The largest absolute Gasteiger partial charge is 0.378 e. The fourth-order valence-electron chi connectivity index (χ4n) is 2.23. The molecule has 0 radical (unpaired) electrons. The highest BCUT2D eigenvalue weighted by Gasteiger charge is 2.33. The summed E-state index contributed by atoms with van der Waals surface area (Å²) >= 11 is 8.34. The van der Waals surface area contributed by atoms with E-state index in [0.29, 0.717) is 12.0 Å². The molecule has 1 fully saturated rings. The van der Waals surface area contributed by atoms with Gasteiger partial charge in [0.1, 0.15) is 0 Å². The van der Waals surface area contributed by atoms with Gasteiger partial charge in [0, 0.05) is 22.3 Å². The Balaban J connectivity index is 2.10. The van der Waals surface area contributed by atoms with Crippen molar-refractivity contribution < 1.29 is 4.74 Å². The minimum absolute atomic E-state index is 0.135. The molecule has 2 heterocycles. The van der Waals surface area contributed by atoms with E-state index in [1.54, 1.807) is 0 Å². The van der Waals surface area contributed by atoms with Gasteiger partial charge in [-0.15, -0.1) is 22.9 Å². The average Bonchev–Trinajstić information content (AvgIpc) is 2.84. The third-order valence-corrected chi connectivity index (χ3v) is 4.84. The second kappa shape index (κ2) is 4.86. The zero-order valence-corrected chi connectivity index (χ0v) is 10.8. The van der Waals surface area contributed by atoms with Gasteiger partial charge in [-0.1, -0.05) is 6.92 Å². The Kier molecular flexibility index (Phi) is 3.70. The third-order valence-electron chi connectivity index (χ3n) is 3.07. The highest BCUT2D eigenvalue weighted by Crippen LogP contribution is 2.41. The van der Waals surface area contributed by atoms with E-state index in [4.69, 9.17) is 16.3 Å². The first-order valence-electron chi connectivity index (χ1n) is 5.54. The van der Waals surface area contributed by atoms with Crippen molar-refractivity contribution in [2.45, 2.75) is 38.2 Å². The van der Waals surface area contributed by atoms with Gasteiger partial charge in [0.2, 0.25) is 0 Å². The Morgan fingerprint density at radius 1 is 1.60 bits per heavy atom. The molecule has 0 N–H and O–H groups in total. The molecule has 0 saturated carbocycles. The molecule has 2 rings (SSSR count). The maximum atomic E-state index is 6.53. The van der Waals surface area contributed by atoms with Gasteiger partial charge in [-0.05, 0) is 31.9 Å². The summed E-state index contributed by atoms with van der Waals surface area (Å²) in [7, 11) is 0. The summed E-state index contributed by atoms with van der Waals surface area (Å²) in [4.78, 5) is 2.63. The summed E-state index contributed by atoms with van der Waals surface area (Å²) in [6.45, 7) is 5.17. The first-order valence-corrected chi connectivity index (χ1v) is 6.79. The predicted octanol–water partition coefficient (Wildman–Crippen LogP) is 4.15. The molecule has 1 aromatic rings. The van der Waals surface area contributed by atoms with E-state index in [-0.39, 0.29) is 5.38 Å². The number of hydrogen-bond donors (Lipinski definition) is 0. The zero-order chi connectivity index (χ0) is 10.8. The number of aryl methyl sites for hydroxylation is 1. The van der Waals surface area contributed by atoms with Crippen LogP contribution >= 0.6 is 22.9 Å². The lowest BCUT2D eigenvalue weighted by molar-refractivity contribution is 0.0866. The molecule has 1 aliphatic rings. The molecule has 0 aromatic carbocycles. The fraction of sp³-hybridized carbons (Fsp3) is 0.667. The van der Waals surface area contributed by atoms with Crippen LogP contribution in [0.2, 0.25) is 0 Å². The van der Waals surface area contributed by atoms with Crippen molar-refractivity contribution in [1.29, 1.82) is 0 Å². The van der Waals surface area contributed by atoms with Gasteiger partial charge < -0.3 is 4.74 Å². The highest BCUT2D eigenvalue weighted by atomic mass is 35.5. The monoisotopic (exact) mass is 244 g/mol. The van der Waals surface area contributed by atoms with Gasteiger partial charge >= 0.3 is 0 Å². The van der Waals surface area contributed by atoms with Crippen LogP contribution in [-0.4, -0.2) is 12.7 Å². The molecule has 3 heteroatoms. The minimum Gasteiger partial charge on any atom is -0.378 e. The number of ether oxygens (including phenoxy) is 1. The standard InChI is InChI=1S/C12H17ClOS/c1-3-10-9(6-7-14-10)12(13)11-5-4-8(2)15-11/h4-5,9-10,12H,3,6-7H2,1-2H3. The van der Waals surface area contributed by atoms with Crippen LogP contribution in [-0.2, 0) is 4.74 Å².